The summed E-state index contributed by atoms with van der Waals surface area (Å²) >= 11 is 1.79. The molecule has 0 bridgehead atoms. The van der Waals surface area contributed by atoms with E-state index in [0.717, 1.165) is 19.5 Å². The SMILES string of the molecule is COc1ccnc(N2CC(C(=O)N3CCc4sccc4C3)C2)n1. The molecule has 2 aromatic rings. The average molecular weight is 330 g/mol. The third-order valence-corrected chi connectivity index (χ3v) is 5.48. The highest BCUT2D eigenvalue weighted by Crippen LogP contribution is 2.28. The summed E-state index contributed by atoms with van der Waals surface area (Å²) in [4.78, 5) is 26.6. The lowest BCUT2D eigenvalue weighted by atomic mass is 9.97. The molecule has 0 N–H and O–H groups in total. The molecule has 2 aromatic heterocycles. The van der Waals surface area contributed by atoms with Gasteiger partial charge in [0.1, 0.15) is 0 Å². The van der Waals surface area contributed by atoms with Crippen molar-refractivity contribution >= 4 is 23.2 Å². The fourth-order valence-corrected chi connectivity index (χ4v) is 3.98. The van der Waals surface area contributed by atoms with E-state index in [9.17, 15) is 4.79 Å². The second-order valence-corrected chi connectivity index (χ2v) is 6.88. The van der Waals surface area contributed by atoms with Crippen LogP contribution in [0.2, 0.25) is 0 Å². The zero-order valence-corrected chi connectivity index (χ0v) is 13.8. The Hall–Kier alpha value is -2.15. The molecule has 0 radical (unpaired) electrons. The molecule has 6 nitrogen and oxygen atoms in total. The average Bonchev–Trinajstić information content (AvgIpc) is 3.01. The smallest absolute Gasteiger partial charge is 0.229 e. The summed E-state index contributed by atoms with van der Waals surface area (Å²) in [6.45, 7) is 2.94. The molecular weight excluding hydrogens is 312 g/mol. The van der Waals surface area contributed by atoms with Crippen molar-refractivity contribution in [2.75, 3.05) is 31.6 Å². The summed E-state index contributed by atoms with van der Waals surface area (Å²) in [6.07, 6.45) is 2.66. The number of fused-ring (bicyclic) bond motifs is 1. The highest BCUT2D eigenvalue weighted by molar-refractivity contribution is 7.10. The van der Waals surface area contributed by atoms with Crippen LogP contribution < -0.4 is 9.64 Å². The molecular formula is C16H18N4O2S. The van der Waals surface area contributed by atoms with Crippen LogP contribution in [0.4, 0.5) is 5.95 Å². The van der Waals surface area contributed by atoms with Crippen LogP contribution in [-0.4, -0.2) is 47.5 Å². The van der Waals surface area contributed by atoms with Gasteiger partial charge in [-0.25, -0.2) is 4.98 Å². The van der Waals surface area contributed by atoms with Gasteiger partial charge >= 0.3 is 0 Å². The van der Waals surface area contributed by atoms with Crippen LogP contribution in [0.15, 0.2) is 23.7 Å². The van der Waals surface area contributed by atoms with E-state index in [4.69, 9.17) is 4.74 Å². The van der Waals surface area contributed by atoms with Crippen LogP contribution in [0.3, 0.4) is 0 Å². The van der Waals surface area contributed by atoms with E-state index in [0.29, 0.717) is 24.9 Å². The zero-order valence-electron chi connectivity index (χ0n) is 12.9. The van der Waals surface area contributed by atoms with Gasteiger partial charge in [-0.05, 0) is 23.4 Å². The van der Waals surface area contributed by atoms with Crippen LogP contribution >= 0.6 is 11.3 Å². The molecule has 0 aromatic carbocycles. The number of carbonyl (C=O) groups is 1. The van der Waals surface area contributed by atoms with E-state index in [1.807, 2.05) is 9.80 Å². The summed E-state index contributed by atoms with van der Waals surface area (Å²) in [5, 5.41) is 2.11. The van der Waals surface area contributed by atoms with Gasteiger partial charge in [-0.3, -0.25) is 4.79 Å². The molecule has 0 saturated carbocycles. The predicted molar refractivity (Wildman–Crippen MR) is 87.7 cm³/mol. The Labute approximate surface area is 138 Å². The largest absolute Gasteiger partial charge is 0.481 e. The van der Waals surface area contributed by atoms with Crippen molar-refractivity contribution in [3.63, 3.8) is 0 Å². The second-order valence-electron chi connectivity index (χ2n) is 5.88. The van der Waals surface area contributed by atoms with E-state index >= 15 is 0 Å². The number of carbonyl (C=O) groups excluding carboxylic acids is 1. The van der Waals surface area contributed by atoms with E-state index in [-0.39, 0.29) is 11.8 Å². The van der Waals surface area contributed by atoms with Gasteiger partial charge < -0.3 is 14.5 Å². The Morgan fingerprint density at radius 3 is 3.09 bits per heavy atom. The Morgan fingerprint density at radius 2 is 2.26 bits per heavy atom. The maximum Gasteiger partial charge on any atom is 0.229 e. The van der Waals surface area contributed by atoms with Crippen LogP contribution in [-0.2, 0) is 17.8 Å². The Balaban J connectivity index is 1.37. The minimum Gasteiger partial charge on any atom is -0.481 e. The lowest BCUT2D eigenvalue weighted by molar-refractivity contribution is -0.137. The van der Waals surface area contributed by atoms with Crippen LogP contribution in [0, 0.1) is 5.92 Å². The number of rotatable bonds is 3. The fourth-order valence-electron chi connectivity index (χ4n) is 3.09. The predicted octanol–water partition coefficient (Wildman–Crippen LogP) is 1.57. The van der Waals surface area contributed by atoms with Crippen molar-refractivity contribution in [3.8, 4) is 5.88 Å². The van der Waals surface area contributed by atoms with Gasteiger partial charge in [0.25, 0.3) is 0 Å². The molecule has 23 heavy (non-hydrogen) atoms. The lowest BCUT2D eigenvalue weighted by Crippen LogP contribution is -2.55. The molecule has 2 aliphatic rings. The van der Waals surface area contributed by atoms with Crippen molar-refractivity contribution in [2.45, 2.75) is 13.0 Å². The van der Waals surface area contributed by atoms with Crippen molar-refractivity contribution in [1.29, 1.82) is 0 Å². The molecule has 120 valence electrons. The van der Waals surface area contributed by atoms with Gasteiger partial charge in [-0.15, -0.1) is 11.3 Å². The first-order valence-electron chi connectivity index (χ1n) is 7.70. The Kier molecular flexibility index (Phi) is 3.65. The number of nitrogens with zero attached hydrogens (tertiary/aromatic N) is 4. The third-order valence-electron chi connectivity index (χ3n) is 4.46. The Morgan fingerprint density at radius 1 is 1.39 bits per heavy atom. The quantitative estimate of drug-likeness (QED) is 0.855. The number of hydrogen-bond donors (Lipinski definition) is 0. The summed E-state index contributed by atoms with van der Waals surface area (Å²) in [7, 11) is 1.59. The first-order valence-corrected chi connectivity index (χ1v) is 8.58. The number of ether oxygens (including phenoxy) is 1. The van der Waals surface area contributed by atoms with Crippen molar-refractivity contribution in [3.05, 3.63) is 34.2 Å². The van der Waals surface area contributed by atoms with Crippen LogP contribution in [0.5, 0.6) is 5.88 Å². The number of amides is 1. The summed E-state index contributed by atoms with van der Waals surface area (Å²) in [6, 6.07) is 3.86. The summed E-state index contributed by atoms with van der Waals surface area (Å²) < 4.78 is 5.12. The normalized spacial score (nSPS) is 17.6. The fraction of sp³-hybridized carbons (Fsp3) is 0.438. The molecule has 2 aliphatic heterocycles. The number of anilines is 1. The molecule has 7 heteroatoms. The number of hydrogen-bond acceptors (Lipinski definition) is 6. The standard InChI is InChI=1S/C16H18N4O2S/c1-22-14-2-5-17-16(18-14)20-9-12(10-20)15(21)19-6-3-13-11(8-19)4-7-23-13/h2,4-5,7,12H,3,6,8-10H2,1H3. The maximum atomic E-state index is 12.6. The third kappa shape index (κ3) is 2.65. The topological polar surface area (TPSA) is 58.6 Å². The molecule has 0 spiro atoms. The first kappa shape index (κ1) is 14.4. The highest BCUT2D eigenvalue weighted by atomic mass is 32.1. The van der Waals surface area contributed by atoms with Crippen molar-refractivity contribution in [1.82, 2.24) is 14.9 Å². The minimum atomic E-state index is 0.0463. The van der Waals surface area contributed by atoms with E-state index in [1.54, 1.807) is 30.7 Å². The monoisotopic (exact) mass is 330 g/mol. The van der Waals surface area contributed by atoms with Crippen LogP contribution in [0.1, 0.15) is 10.4 Å². The van der Waals surface area contributed by atoms with Crippen molar-refractivity contribution in [2.24, 2.45) is 5.92 Å². The molecule has 0 aliphatic carbocycles. The molecule has 4 rings (SSSR count). The first-order chi connectivity index (χ1) is 11.2. The van der Waals surface area contributed by atoms with Gasteiger partial charge in [0, 0.05) is 43.3 Å². The highest BCUT2D eigenvalue weighted by Gasteiger charge is 2.37. The lowest BCUT2D eigenvalue weighted by Gasteiger charge is -2.41. The minimum absolute atomic E-state index is 0.0463. The molecule has 1 amide bonds. The molecule has 1 fully saturated rings. The van der Waals surface area contributed by atoms with Gasteiger partial charge in [-0.1, -0.05) is 0 Å². The van der Waals surface area contributed by atoms with Gasteiger partial charge in [0.05, 0.1) is 13.0 Å². The van der Waals surface area contributed by atoms with Crippen LogP contribution in [0.25, 0.3) is 0 Å². The molecule has 0 atom stereocenters. The number of methoxy groups -OCH3 is 1. The summed E-state index contributed by atoms with van der Waals surface area (Å²) in [5.74, 6) is 1.48. The van der Waals surface area contributed by atoms with E-state index < -0.39 is 0 Å². The number of thiophene rings is 1. The van der Waals surface area contributed by atoms with Gasteiger partial charge in [0.2, 0.25) is 17.7 Å². The molecule has 1 saturated heterocycles. The van der Waals surface area contributed by atoms with E-state index in [2.05, 4.69) is 21.4 Å². The zero-order chi connectivity index (χ0) is 15.8. The Bertz CT molecular complexity index is 726. The van der Waals surface area contributed by atoms with Crippen molar-refractivity contribution < 1.29 is 9.53 Å². The van der Waals surface area contributed by atoms with Gasteiger partial charge in [0.15, 0.2) is 0 Å². The van der Waals surface area contributed by atoms with Gasteiger partial charge in [-0.2, -0.15) is 4.98 Å². The molecule has 4 heterocycles. The maximum absolute atomic E-state index is 12.6. The van der Waals surface area contributed by atoms with E-state index in [1.165, 1.54) is 10.4 Å². The second kappa shape index (κ2) is 5.81. The molecule has 0 unspecified atom stereocenters. The summed E-state index contributed by atoms with van der Waals surface area (Å²) in [5.41, 5.74) is 1.31. The number of aromatic nitrogens is 2.